The quantitative estimate of drug-likeness (QED) is 0.551. The van der Waals surface area contributed by atoms with E-state index in [9.17, 15) is 4.79 Å². The third kappa shape index (κ3) is 6.04. The Morgan fingerprint density at radius 2 is 1.80 bits per heavy atom. The summed E-state index contributed by atoms with van der Waals surface area (Å²) < 4.78 is 10.6. The Morgan fingerprint density at radius 1 is 1.15 bits per heavy atom. The van der Waals surface area contributed by atoms with Gasteiger partial charge in [-0.25, -0.2) is 0 Å². The van der Waals surface area contributed by atoms with Crippen molar-refractivity contribution in [2.45, 2.75) is 20.3 Å². The maximum atomic E-state index is 11.8. The van der Waals surface area contributed by atoms with Gasteiger partial charge in [-0.3, -0.25) is 9.69 Å². The average Bonchev–Trinajstić information content (AvgIpc) is 2.42. The molecule has 1 N–H and O–H groups in total. The van der Waals surface area contributed by atoms with E-state index in [4.69, 9.17) is 14.6 Å². The van der Waals surface area contributed by atoms with E-state index in [2.05, 4.69) is 0 Å². The second-order valence-electron chi connectivity index (χ2n) is 4.38. The van der Waals surface area contributed by atoms with Gasteiger partial charge in [-0.15, -0.1) is 0 Å². The Balaban J connectivity index is 2.47. The minimum absolute atomic E-state index is 0.0380. The molecule has 0 fully saturated rings. The van der Waals surface area contributed by atoms with Crippen molar-refractivity contribution in [2.24, 2.45) is 0 Å². The highest BCUT2D eigenvalue weighted by atomic mass is 16.5. The van der Waals surface area contributed by atoms with E-state index in [1.807, 2.05) is 18.7 Å². The van der Waals surface area contributed by atoms with Gasteiger partial charge in [0.25, 0.3) is 0 Å². The van der Waals surface area contributed by atoms with E-state index >= 15 is 0 Å². The molecule has 1 rings (SSSR count). The summed E-state index contributed by atoms with van der Waals surface area (Å²) in [7, 11) is 0. The summed E-state index contributed by atoms with van der Waals surface area (Å²) in [5.41, 5.74) is 0. The molecular formula is C15H23NO4. The zero-order chi connectivity index (χ0) is 14.8. The molecule has 5 heteroatoms. The van der Waals surface area contributed by atoms with Crippen molar-refractivity contribution in [1.82, 2.24) is 4.90 Å². The molecule has 112 valence electrons. The van der Waals surface area contributed by atoms with Crippen LogP contribution in [0.5, 0.6) is 11.5 Å². The highest BCUT2D eigenvalue weighted by Crippen LogP contribution is 2.17. The van der Waals surface area contributed by atoms with E-state index in [-0.39, 0.29) is 19.1 Å². The van der Waals surface area contributed by atoms with Crippen molar-refractivity contribution in [1.29, 1.82) is 0 Å². The first-order valence-corrected chi connectivity index (χ1v) is 6.96. The van der Waals surface area contributed by atoms with Crippen LogP contribution in [0.1, 0.15) is 20.3 Å². The van der Waals surface area contributed by atoms with Crippen molar-refractivity contribution in [3.8, 4) is 11.5 Å². The van der Waals surface area contributed by atoms with Gasteiger partial charge < -0.3 is 14.6 Å². The highest BCUT2D eigenvalue weighted by Gasteiger charge is 2.11. The van der Waals surface area contributed by atoms with Crippen molar-refractivity contribution in [2.75, 3.05) is 32.8 Å². The average molecular weight is 281 g/mol. The number of carbonyl (C=O) groups is 1. The molecular weight excluding hydrogens is 258 g/mol. The number of esters is 1. The normalized spacial score (nSPS) is 10.6. The summed E-state index contributed by atoms with van der Waals surface area (Å²) in [5.74, 6) is 0.926. The molecule has 0 aliphatic carbocycles. The first kappa shape index (κ1) is 16.5. The van der Waals surface area contributed by atoms with Gasteiger partial charge in [0.15, 0.2) is 0 Å². The van der Waals surface area contributed by atoms with Gasteiger partial charge in [-0.1, -0.05) is 6.92 Å². The predicted octanol–water partition coefficient (Wildman–Crippen LogP) is 1.69. The van der Waals surface area contributed by atoms with Crippen LogP contribution in [0.15, 0.2) is 24.3 Å². The molecule has 0 spiro atoms. The number of ether oxygens (including phenoxy) is 2. The van der Waals surface area contributed by atoms with Crippen molar-refractivity contribution in [3.63, 3.8) is 0 Å². The van der Waals surface area contributed by atoms with Crippen molar-refractivity contribution < 1.29 is 19.4 Å². The Hall–Kier alpha value is -1.59. The van der Waals surface area contributed by atoms with E-state index < -0.39 is 0 Å². The van der Waals surface area contributed by atoms with Crippen LogP contribution >= 0.6 is 0 Å². The zero-order valence-corrected chi connectivity index (χ0v) is 12.2. The second kappa shape index (κ2) is 9.34. The number of hydrogen-bond acceptors (Lipinski definition) is 5. The molecule has 0 heterocycles. The van der Waals surface area contributed by atoms with Crippen LogP contribution < -0.4 is 9.47 Å². The molecule has 0 saturated heterocycles. The number of rotatable bonds is 9. The molecule has 0 bridgehead atoms. The lowest BCUT2D eigenvalue weighted by atomic mass is 10.3. The summed E-state index contributed by atoms with van der Waals surface area (Å²) in [5, 5.41) is 8.94. The Bertz CT molecular complexity index is 385. The molecule has 0 unspecified atom stereocenters. The standard InChI is InChI=1S/C15H23NO4/c1-3-9-16(10-11-17)12-15(18)20-14-7-5-13(6-8-14)19-4-2/h5-8,17H,3-4,9-12H2,1-2H3. The van der Waals surface area contributed by atoms with Crippen LogP contribution in [0.2, 0.25) is 0 Å². The second-order valence-corrected chi connectivity index (χ2v) is 4.38. The summed E-state index contributed by atoms with van der Waals surface area (Å²) in [4.78, 5) is 13.7. The summed E-state index contributed by atoms with van der Waals surface area (Å²) >= 11 is 0. The summed E-state index contributed by atoms with van der Waals surface area (Å²) in [6.45, 7) is 6.01. The monoisotopic (exact) mass is 281 g/mol. The first-order valence-electron chi connectivity index (χ1n) is 6.96. The number of aliphatic hydroxyl groups excluding tert-OH is 1. The SMILES string of the molecule is CCCN(CCO)CC(=O)Oc1ccc(OCC)cc1. The van der Waals surface area contributed by atoms with Crippen molar-refractivity contribution >= 4 is 5.97 Å². The molecule has 0 atom stereocenters. The molecule has 0 aliphatic rings. The molecule has 0 aromatic heterocycles. The van der Waals surface area contributed by atoms with E-state index in [0.717, 1.165) is 18.7 Å². The fourth-order valence-corrected chi connectivity index (χ4v) is 1.84. The van der Waals surface area contributed by atoms with Crippen LogP contribution in [0.4, 0.5) is 0 Å². The van der Waals surface area contributed by atoms with Crippen LogP contribution in [0.3, 0.4) is 0 Å². The molecule has 5 nitrogen and oxygen atoms in total. The molecule has 0 aliphatic heterocycles. The lowest BCUT2D eigenvalue weighted by Gasteiger charge is -2.19. The third-order valence-electron chi connectivity index (χ3n) is 2.68. The Morgan fingerprint density at radius 3 is 2.35 bits per heavy atom. The fraction of sp³-hybridized carbons (Fsp3) is 0.533. The lowest BCUT2D eigenvalue weighted by Crippen LogP contribution is -2.35. The van der Waals surface area contributed by atoms with Gasteiger partial charge in [0.2, 0.25) is 0 Å². The van der Waals surface area contributed by atoms with Gasteiger partial charge in [-0.2, -0.15) is 0 Å². The molecule has 20 heavy (non-hydrogen) atoms. The Labute approximate surface area is 120 Å². The maximum Gasteiger partial charge on any atom is 0.325 e. The fourth-order valence-electron chi connectivity index (χ4n) is 1.84. The molecule has 0 saturated carbocycles. The van der Waals surface area contributed by atoms with Gasteiger partial charge in [-0.05, 0) is 44.2 Å². The van der Waals surface area contributed by atoms with Crippen LogP contribution in [0.25, 0.3) is 0 Å². The van der Waals surface area contributed by atoms with Crippen LogP contribution in [-0.4, -0.2) is 48.8 Å². The molecule has 0 radical (unpaired) electrons. The minimum atomic E-state index is -0.323. The maximum absolute atomic E-state index is 11.8. The lowest BCUT2D eigenvalue weighted by molar-refractivity contribution is -0.135. The van der Waals surface area contributed by atoms with Crippen LogP contribution in [-0.2, 0) is 4.79 Å². The van der Waals surface area contributed by atoms with Gasteiger partial charge in [0, 0.05) is 6.54 Å². The van der Waals surface area contributed by atoms with Crippen molar-refractivity contribution in [3.05, 3.63) is 24.3 Å². The van der Waals surface area contributed by atoms with E-state index in [1.54, 1.807) is 24.3 Å². The van der Waals surface area contributed by atoms with E-state index in [0.29, 0.717) is 18.9 Å². The predicted molar refractivity (Wildman–Crippen MR) is 77.1 cm³/mol. The topological polar surface area (TPSA) is 59.0 Å². The number of nitrogens with zero attached hydrogens (tertiary/aromatic N) is 1. The van der Waals surface area contributed by atoms with Crippen LogP contribution in [0, 0.1) is 0 Å². The van der Waals surface area contributed by atoms with Gasteiger partial charge >= 0.3 is 5.97 Å². The van der Waals surface area contributed by atoms with E-state index in [1.165, 1.54) is 0 Å². The smallest absolute Gasteiger partial charge is 0.325 e. The summed E-state index contributed by atoms with van der Waals surface area (Å²) in [6, 6.07) is 6.95. The molecule has 0 amide bonds. The zero-order valence-electron chi connectivity index (χ0n) is 12.2. The molecule has 1 aromatic carbocycles. The number of carbonyl (C=O) groups excluding carboxylic acids is 1. The highest BCUT2D eigenvalue weighted by molar-refractivity contribution is 5.74. The van der Waals surface area contributed by atoms with Gasteiger partial charge in [0.1, 0.15) is 11.5 Å². The minimum Gasteiger partial charge on any atom is -0.494 e. The summed E-state index contributed by atoms with van der Waals surface area (Å²) in [6.07, 6.45) is 0.927. The number of aliphatic hydroxyl groups is 1. The first-order chi connectivity index (χ1) is 9.69. The number of benzene rings is 1. The molecule has 1 aromatic rings. The third-order valence-corrected chi connectivity index (χ3v) is 2.68. The van der Waals surface area contributed by atoms with Gasteiger partial charge in [0.05, 0.1) is 19.8 Å². The Kier molecular flexibility index (Phi) is 7.69. The largest absolute Gasteiger partial charge is 0.494 e. The number of hydrogen-bond donors (Lipinski definition) is 1.